The molecule has 0 saturated heterocycles. The van der Waals surface area contributed by atoms with Crippen LogP contribution in [0.4, 0.5) is 5.69 Å². The molecule has 0 aliphatic rings. The summed E-state index contributed by atoms with van der Waals surface area (Å²) in [4.78, 5) is 40.9. The molecule has 0 bridgehead atoms. The van der Waals surface area contributed by atoms with Gasteiger partial charge in [-0.1, -0.05) is 19.1 Å². The van der Waals surface area contributed by atoms with Crippen molar-refractivity contribution in [3.05, 3.63) is 63.3 Å². The highest BCUT2D eigenvalue weighted by Gasteiger charge is 2.23. The average Bonchev–Trinajstić information content (AvgIpc) is 2.70. The minimum Gasteiger partial charge on any atom is -0.497 e. The number of nitrogens with one attached hydrogen (secondary N) is 2. The van der Waals surface area contributed by atoms with Crippen LogP contribution in [0.25, 0.3) is 10.9 Å². The van der Waals surface area contributed by atoms with Crippen molar-refractivity contribution in [3.63, 3.8) is 0 Å². The summed E-state index contributed by atoms with van der Waals surface area (Å²) in [6.07, 6.45) is 0.258. The van der Waals surface area contributed by atoms with Crippen LogP contribution in [0.1, 0.15) is 19.4 Å². The zero-order valence-electron chi connectivity index (χ0n) is 15.8. The lowest BCUT2D eigenvalue weighted by molar-refractivity contribution is -0.119. The largest absolute Gasteiger partial charge is 0.497 e. The molecule has 2 N–H and O–H groups in total. The maximum Gasteiger partial charge on any atom is 0.329 e. The molecule has 0 aliphatic carbocycles. The van der Waals surface area contributed by atoms with Gasteiger partial charge in [-0.15, -0.1) is 0 Å². The van der Waals surface area contributed by atoms with Gasteiger partial charge < -0.3 is 19.8 Å². The van der Waals surface area contributed by atoms with Crippen molar-refractivity contribution in [1.29, 1.82) is 0 Å². The number of nitrogens with zero attached hydrogens (tertiary/aromatic N) is 1. The summed E-state index contributed by atoms with van der Waals surface area (Å²) in [5.74, 6) is 0.521. The lowest BCUT2D eigenvalue weighted by atomic mass is 10.1. The van der Waals surface area contributed by atoms with E-state index < -0.39 is 23.2 Å². The van der Waals surface area contributed by atoms with Crippen LogP contribution in [0.15, 0.2) is 52.1 Å². The summed E-state index contributed by atoms with van der Waals surface area (Å²) >= 11 is 0. The van der Waals surface area contributed by atoms with Gasteiger partial charge in [0.25, 0.3) is 5.56 Å². The molecule has 146 valence electrons. The Labute approximate surface area is 160 Å². The Morgan fingerprint density at radius 3 is 2.36 bits per heavy atom. The third kappa shape index (κ3) is 3.62. The molecule has 2 aromatic carbocycles. The fourth-order valence-electron chi connectivity index (χ4n) is 3.05. The van der Waals surface area contributed by atoms with E-state index in [1.54, 1.807) is 49.4 Å². The number of para-hydroxylation sites is 1. The number of fused-ring (bicyclic) bond motifs is 1. The van der Waals surface area contributed by atoms with Gasteiger partial charge in [-0.25, -0.2) is 9.36 Å². The minimum absolute atomic E-state index is 0.258. The summed E-state index contributed by atoms with van der Waals surface area (Å²) in [7, 11) is 3.01. The van der Waals surface area contributed by atoms with Gasteiger partial charge in [0.15, 0.2) is 0 Å². The highest BCUT2D eigenvalue weighted by molar-refractivity contribution is 5.94. The molecule has 0 spiro atoms. The molecular weight excluding hydrogens is 362 g/mol. The first-order valence-corrected chi connectivity index (χ1v) is 8.76. The zero-order valence-corrected chi connectivity index (χ0v) is 15.8. The molecule has 1 unspecified atom stereocenters. The molecule has 1 aromatic heterocycles. The predicted molar refractivity (Wildman–Crippen MR) is 106 cm³/mol. The number of benzene rings is 2. The van der Waals surface area contributed by atoms with Crippen LogP contribution in [0.3, 0.4) is 0 Å². The molecule has 8 heteroatoms. The molecule has 0 fully saturated rings. The van der Waals surface area contributed by atoms with Gasteiger partial charge in [0, 0.05) is 23.9 Å². The topological polar surface area (TPSA) is 102 Å². The molecule has 28 heavy (non-hydrogen) atoms. The third-order valence-electron chi connectivity index (χ3n) is 4.46. The number of hydrogen-bond acceptors (Lipinski definition) is 5. The molecule has 1 atom stereocenters. The Hall–Kier alpha value is -3.55. The highest BCUT2D eigenvalue weighted by Crippen LogP contribution is 2.26. The second-order valence-electron chi connectivity index (χ2n) is 6.17. The summed E-state index contributed by atoms with van der Waals surface area (Å²) < 4.78 is 11.3. The molecule has 0 aliphatic heterocycles. The van der Waals surface area contributed by atoms with E-state index in [1.807, 2.05) is 0 Å². The standard InChI is InChI=1S/C20H21N3O5/c1-4-17(18(24)21-12-9-13(27-2)11-14(10-12)28-3)23-19(25)15-7-5-6-8-16(15)22-20(23)26/h5-11,17H,4H2,1-3H3,(H,21,24)(H,22,26). The SMILES string of the molecule is CCC(C(=O)Nc1cc(OC)cc(OC)c1)n1c(=O)[nH]c2ccccc2c1=O. The van der Waals surface area contributed by atoms with Gasteiger partial charge in [-0.05, 0) is 18.6 Å². The maximum absolute atomic E-state index is 12.9. The molecule has 0 saturated carbocycles. The van der Waals surface area contributed by atoms with Crippen LogP contribution in [0.2, 0.25) is 0 Å². The third-order valence-corrected chi connectivity index (χ3v) is 4.46. The first-order chi connectivity index (χ1) is 13.5. The van der Waals surface area contributed by atoms with Gasteiger partial charge in [-0.3, -0.25) is 9.59 Å². The van der Waals surface area contributed by atoms with Crippen molar-refractivity contribution in [2.45, 2.75) is 19.4 Å². The Morgan fingerprint density at radius 2 is 1.75 bits per heavy atom. The quantitative estimate of drug-likeness (QED) is 0.680. The van der Waals surface area contributed by atoms with Gasteiger partial charge in [0.1, 0.15) is 17.5 Å². The van der Waals surface area contributed by atoms with Crippen LogP contribution in [-0.2, 0) is 4.79 Å². The van der Waals surface area contributed by atoms with E-state index in [1.165, 1.54) is 14.2 Å². The number of anilines is 1. The lowest BCUT2D eigenvalue weighted by Crippen LogP contribution is -2.42. The Kier molecular flexibility index (Phi) is 5.49. The fraction of sp³-hybridized carbons (Fsp3) is 0.250. The molecule has 1 amide bonds. The Morgan fingerprint density at radius 1 is 1.11 bits per heavy atom. The first-order valence-electron chi connectivity index (χ1n) is 8.76. The van der Waals surface area contributed by atoms with E-state index in [9.17, 15) is 14.4 Å². The average molecular weight is 383 g/mol. The molecule has 1 heterocycles. The summed E-state index contributed by atoms with van der Waals surface area (Å²) in [5.41, 5.74) is -0.273. The number of rotatable bonds is 6. The van der Waals surface area contributed by atoms with Crippen molar-refractivity contribution in [3.8, 4) is 11.5 Å². The summed E-state index contributed by atoms with van der Waals surface area (Å²) in [5, 5.41) is 3.08. The van der Waals surface area contributed by atoms with Crippen molar-refractivity contribution < 1.29 is 14.3 Å². The lowest BCUT2D eigenvalue weighted by Gasteiger charge is -2.18. The number of aromatic amines is 1. The van der Waals surface area contributed by atoms with Crippen molar-refractivity contribution in [2.75, 3.05) is 19.5 Å². The van der Waals surface area contributed by atoms with Crippen LogP contribution >= 0.6 is 0 Å². The first kappa shape index (κ1) is 19.2. The van der Waals surface area contributed by atoms with Gasteiger partial charge >= 0.3 is 5.69 Å². The van der Waals surface area contributed by atoms with Crippen molar-refractivity contribution in [2.24, 2.45) is 0 Å². The number of H-pyrrole nitrogens is 1. The van der Waals surface area contributed by atoms with E-state index >= 15 is 0 Å². The van der Waals surface area contributed by atoms with E-state index in [4.69, 9.17) is 9.47 Å². The second-order valence-corrected chi connectivity index (χ2v) is 6.17. The minimum atomic E-state index is -0.974. The summed E-state index contributed by atoms with van der Waals surface area (Å²) in [6, 6.07) is 10.6. The zero-order chi connectivity index (χ0) is 20.3. The van der Waals surface area contributed by atoms with Crippen LogP contribution in [0.5, 0.6) is 11.5 Å². The van der Waals surface area contributed by atoms with E-state index in [0.717, 1.165) is 4.57 Å². The van der Waals surface area contributed by atoms with Crippen LogP contribution in [-0.4, -0.2) is 29.7 Å². The number of methoxy groups -OCH3 is 2. The van der Waals surface area contributed by atoms with Gasteiger partial charge in [0.2, 0.25) is 5.91 Å². The highest BCUT2D eigenvalue weighted by atomic mass is 16.5. The molecule has 3 aromatic rings. The van der Waals surface area contributed by atoms with Crippen molar-refractivity contribution in [1.82, 2.24) is 9.55 Å². The number of amides is 1. The monoisotopic (exact) mass is 383 g/mol. The van der Waals surface area contributed by atoms with E-state index in [0.29, 0.717) is 28.1 Å². The fourth-order valence-corrected chi connectivity index (χ4v) is 3.05. The maximum atomic E-state index is 12.9. The predicted octanol–water partition coefficient (Wildman–Crippen LogP) is 2.30. The molecule has 0 radical (unpaired) electrons. The van der Waals surface area contributed by atoms with E-state index in [-0.39, 0.29) is 6.42 Å². The molecule has 3 rings (SSSR count). The number of carbonyl (C=O) groups is 1. The number of aromatic nitrogens is 2. The normalized spacial score (nSPS) is 11.8. The smallest absolute Gasteiger partial charge is 0.329 e. The molecular formula is C20H21N3O5. The summed E-state index contributed by atoms with van der Waals surface area (Å²) in [6.45, 7) is 1.73. The van der Waals surface area contributed by atoms with E-state index in [2.05, 4.69) is 10.3 Å². The number of hydrogen-bond donors (Lipinski definition) is 2. The van der Waals surface area contributed by atoms with Crippen LogP contribution in [0, 0.1) is 0 Å². The Balaban J connectivity index is 2.01. The number of carbonyl (C=O) groups excluding carboxylic acids is 1. The van der Waals surface area contributed by atoms with Gasteiger partial charge in [0.05, 0.1) is 25.1 Å². The molecule has 8 nitrogen and oxygen atoms in total. The van der Waals surface area contributed by atoms with Crippen molar-refractivity contribution >= 4 is 22.5 Å². The Bertz CT molecular complexity index is 1110. The number of ether oxygens (including phenoxy) is 2. The second kappa shape index (κ2) is 7.99. The van der Waals surface area contributed by atoms with Gasteiger partial charge in [-0.2, -0.15) is 0 Å². The van der Waals surface area contributed by atoms with Crippen LogP contribution < -0.4 is 26.0 Å².